The van der Waals surface area contributed by atoms with Gasteiger partial charge in [0.1, 0.15) is 11.9 Å². The smallest absolute Gasteiger partial charge is 0.120 e. The first-order valence-electron chi connectivity index (χ1n) is 7.18. The van der Waals surface area contributed by atoms with Gasteiger partial charge in [0, 0.05) is 11.6 Å². The Morgan fingerprint density at radius 1 is 1.26 bits per heavy atom. The van der Waals surface area contributed by atoms with E-state index in [1.807, 2.05) is 18.2 Å². The number of hydrogen-bond acceptors (Lipinski definition) is 2. The quantitative estimate of drug-likeness (QED) is 0.718. The molecular weight excluding hydrogens is 258 g/mol. The van der Waals surface area contributed by atoms with Gasteiger partial charge in [-0.15, -0.1) is 0 Å². The molecule has 0 bridgehead atoms. The summed E-state index contributed by atoms with van der Waals surface area (Å²) in [4.78, 5) is 0. The van der Waals surface area contributed by atoms with Crippen LogP contribution in [0, 0.1) is 5.92 Å². The molecule has 0 aliphatic rings. The van der Waals surface area contributed by atoms with E-state index in [0.29, 0.717) is 0 Å². The van der Waals surface area contributed by atoms with E-state index < -0.39 is 0 Å². The average molecular weight is 284 g/mol. The maximum Gasteiger partial charge on any atom is 0.120 e. The zero-order valence-electron chi connectivity index (χ0n) is 12.5. The van der Waals surface area contributed by atoms with Crippen molar-refractivity contribution >= 4 is 11.6 Å². The highest BCUT2D eigenvalue weighted by atomic mass is 35.5. The minimum Gasteiger partial charge on any atom is -0.489 e. The van der Waals surface area contributed by atoms with Crippen LogP contribution in [0.1, 0.15) is 39.7 Å². The molecule has 0 radical (unpaired) electrons. The predicted molar refractivity (Wildman–Crippen MR) is 83.2 cm³/mol. The van der Waals surface area contributed by atoms with Crippen molar-refractivity contribution in [2.75, 3.05) is 13.1 Å². The zero-order chi connectivity index (χ0) is 14.3. The van der Waals surface area contributed by atoms with Crippen LogP contribution in [0.2, 0.25) is 5.02 Å². The van der Waals surface area contributed by atoms with Crippen LogP contribution >= 0.6 is 11.6 Å². The third-order valence-corrected chi connectivity index (χ3v) is 3.43. The summed E-state index contributed by atoms with van der Waals surface area (Å²) in [5, 5.41) is 4.24. The molecule has 1 aromatic rings. The maximum absolute atomic E-state index is 6.10. The highest BCUT2D eigenvalue weighted by Gasteiger charge is 2.06. The molecule has 1 atom stereocenters. The summed E-state index contributed by atoms with van der Waals surface area (Å²) >= 11 is 6.10. The van der Waals surface area contributed by atoms with Crippen molar-refractivity contribution in [3.05, 3.63) is 28.8 Å². The van der Waals surface area contributed by atoms with Crippen LogP contribution in [0.4, 0.5) is 0 Å². The molecule has 0 fully saturated rings. The van der Waals surface area contributed by atoms with Crippen molar-refractivity contribution < 1.29 is 4.74 Å². The van der Waals surface area contributed by atoms with E-state index in [1.165, 1.54) is 6.42 Å². The summed E-state index contributed by atoms with van der Waals surface area (Å²) in [6, 6.07) is 5.88. The third-order valence-electron chi connectivity index (χ3n) is 3.07. The molecule has 1 N–H and O–H groups in total. The lowest BCUT2D eigenvalue weighted by molar-refractivity contribution is 0.216. The molecule has 0 saturated heterocycles. The van der Waals surface area contributed by atoms with Gasteiger partial charge in [0.25, 0.3) is 0 Å². The maximum atomic E-state index is 6.10. The second-order valence-electron chi connectivity index (χ2n) is 5.42. The van der Waals surface area contributed by atoms with Crippen LogP contribution in [0.25, 0.3) is 0 Å². The SMILES string of the molecule is CCc1cc(OC(C)CNCCC(C)C)ccc1Cl. The van der Waals surface area contributed by atoms with Crippen LogP contribution in [0.5, 0.6) is 5.75 Å². The molecule has 0 saturated carbocycles. The molecule has 1 aromatic carbocycles. The molecule has 1 rings (SSSR count). The van der Waals surface area contributed by atoms with Crippen LogP contribution in [-0.4, -0.2) is 19.2 Å². The van der Waals surface area contributed by atoms with Gasteiger partial charge < -0.3 is 10.1 Å². The van der Waals surface area contributed by atoms with Crippen molar-refractivity contribution in [2.24, 2.45) is 5.92 Å². The second-order valence-corrected chi connectivity index (χ2v) is 5.83. The van der Waals surface area contributed by atoms with E-state index in [1.54, 1.807) is 0 Å². The Labute approximate surface area is 122 Å². The van der Waals surface area contributed by atoms with Crippen LogP contribution in [0.15, 0.2) is 18.2 Å². The zero-order valence-corrected chi connectivity index (χ0v) is 13.3. The molecule has 2 nitrogen and oxygen atoms in total. The van der Waals surface area contributed by atoms with E-state index in [0.717, 1.165) is 41.8 Å². The van der Waals surface area contributed by atoms with Gasteiger partial charge in [-0.2, -0.15) is 0 Å². The Hall–Kier alpha value is -0.730. The molecule has 0 amide bonds. The normalized spacial score (nSPS) is 12.7. The minimum atomic E-state index is 0.165. The standard InChI is InChI=1S/C16H26ClNO/c1-5-14-10-15(6-7-16(14)17)19-13(4)11-18-9-8-12(2)3/h6-7,10,12-13,18H,5,8-9,11H2,1-4H3. The monoisotopic (exact) mass is 283 g/mol. The van der Waals surface area contributed by atoms with Gasteiger partial charge in [-0.25, -0.2) is 0 Å². The Morgan fingerprint density at radius 2 is 2.00 bits per heavy atom. The number of nitrogens with one attached hydrogen (secondary N) is 1. The number of rotatable bonds is 8. The lowest BCUT2D eigenvalue weighted by Gasteiger charge is -2.17. The highest BCUT2D eigenvalue weighted by Crippen LogP contribution is 2.23. The Bertz CT molecular complexity index is 379. The van der Waals surface area contributed by atoms with Gasteiger partial charge in [0.05, 0.1) is 0 Å². The molecule has 108 valence electrons. The molecule has 19 heavy (non-hydrogen) atoms. The molecular formula is C16H26ClNO. The fourth-order valence-electron chi connectivity index (χ4n) is 1.87. The number of ether oxygens (including phenoxy) is 1. The summed E-state index contributed by atoms with van der Waals surface area (Å²) < 4.78 is 5.90. The third kappa shape index (κ3) is 6.31. The number of aryl methyl sites for hydroxylation is 1. The first kappa shape index (κ1) is 16.3. The number of halogens is 1. The average Bonchev–Trinajstić information content (AvgIpc) is 2.37. The number of hydrogen-bond donors (Lipinski definition) is 1. The van der Waals surface area contributed by atoms with Crippen molar-refractivity contribution in [3.8, 4) is 5.75 Å². The molecule has 0 heterocycles. The fraction of sp³-hybridized carbons (Fsp3) is 0.625. The van der Waals surface area contributed by atoms with Gasteiger partial charge in [-0.3, -0.25) is 0 Å². The van der Waals surface area contributed by atoms with Gasteiger partial charge >= 0.3 is 0 Å². The van der Waals surface area contributed by atoms with Gasteiger partial charge in [-0.05, 0) is 56.0 Å². The van der Waals surface area contributed by atoms with E-state index in [9.17, 15) is 0 Å². The molecule has 0 aliphatic carbocycles. The van der Waals surface area contributed by atoms with Crippen molar-refractivity contribution in [1.82, 2.24) is 5.32 Å². The van der Waals surface area contributed by atoms with E-state index in [2.05, 4.69) is 33.0 Å². The molecule has 3 heteroatoms. The van der Waals surface area contributed by atoms with Crippen LogP contribution in [0.3, 0.4) is 0 Å². The van der Waals surface area contributed by atoms with Crippen LogP contribution < -0.4 is 10.1 Å². The number of benzene rings is 1. The van der Waals surface area contributed by atoms with E-state index in [-0.39, 0.29) is 6.10 Å². The van der Waals surface area contributed by atoms with Crippen LogP contribution in [-0.2, 0) is 6.42 Å². The minimum absolute atomic E-state index is 0.165. The topological polar surface area (TPSA) is 21.3 Å². The lowest BCUT2D eigenvalue weighted by Crippen LogP contribution is -2.30. The highest BCUT2D eigenvalue weighted by molar-refractivity contribution is 6.31. The van der Waals surface area contributed by atoms with Gasteiger partial charge in [-0.1, -0.05) is 32.4 Å². The lowest BCUT2D eigenvalue weighted by atomic mass is 10.1. The largest absolute Gasteiger partial charge is 0.489 e. The van der Waals surface area contributed by atoms with Gasteiger partial charge in [0.2, 0.25) is 0 Å². The van der Waals surface area contributed by atoms with Gasteiger partial charge in [0.15, 0.2) is 0 Å². The van der Waals surface area contributed by atoms with Crippen molar-refractivity contribution in [3.63, 3.8) is 0 Å². The molecule has 0 aromatic heterocycles. The summed E-state index contributed by atoms with van der Waals surface area (Å²) in [6.45, 7) is 10.6. The Kier molecular flexibility index (Phi) is 7.25. The van der Waals surface area contributed by atoms with E-state index >= 15 is 0 Å². The van der Waals surface area contributed by atoms with Crippen molar-refractivity contribution in [2.45, 2.75) is 46.6 Å². The molecule has 0 aliphatic heterocycles. The Morgan fingerprint density at radius 3 is 2.63 bits per heavy atom. The predicted octanol–water partition coefficient (Wildman–Crippen LogP) is 4.31. The summed E-state index contributed by atoms with van der Waals surface area (Å²) in [5.41, 5.74) is 1.14. The second kappa shape index (κ2) is 8.44. The van der Waals surface area contributed by atoms with E-state index in [4.69, 9.17) is 16.3 Å². The Balaban J connectivity index is 2.37. The fourth-order valence-corrected chi connectivity index (χ4v) is 2.12. The first-order valence-corrected chi connectivity index (χ1v) is 7.56. The summed E-state index contributed by atoms with van der Waals surface area (Å²) in [6.07, 6.45) is 2.29. The molecule has 1 unspecified atom stereocenters. The summed E-state index contributed by atoms with van der Waals surface area (Å²) in [5.74, 6) is 1.64. The first-order chi connectivity index (χ1) is 9.02. The summed E-state index contributed by atoms with van der Waals surface area (Å²) in [7, 11) is 0. The van der Waals surface area contributed by atoms with Crippen molar-refractivity contribution in [1.29, 1.82) is 0 Å². The molecule has 0 spiro atoms.